The van der Waals surface area contributed by atoms with Crippen molar-refractivity contribution in [1.29, 1.82) is 0 Å². The number of carbonyl (C=O) groups is 1. The molecule has 5 heteroatoms. The Labute approximate surface area is 200 Å². The molecule has 0 aromatic heterocycles. The van der Waals surface area contributed by atoms with Gasteiger partial charge < -0.3 is 14.8 Å². The summed E-state index contributed by atoms with van der Waals surface area (Å²) in [6.45, 7) is 3.99. The molecule has 1 heterocycles. The number of benzene rings is 3. The molecule has 1 unspecified atom stereocenters. The number of rotatable bonds is 8. The summed E-state index contributed by atoms with van der Waals surface area (Å²) in [5, 5.41) is 2.98. The second kappa shape index (κ2) is 10.9. The quantitative estimate of drug-likeness (QED) is 0.437. The lowest BCUT2D eigenvalue weighted by Crippen LogP contribution is -2.45. The Morgan fingerprint density at radius 2 is 1.70 bits per heavy atom. The van der Waals surface area contributed by atoms with E-state index in [9.17, 15) is 4.79 Å². The van der Waals surface area contributed by atoms with Crippen LogP contribution in [0.3, 0.4) is 0 Å². The lowest BCUT2D eigenvalue weighted by molar-refractivity contribution is -0.121. The van der Waals surface area contributed by atoms with E-state index in [2.05, 4.69) is 24.4 Å². The van der Waals surface area contributed by atoms with Crippen LogP contribution in [0.15, 0.2) is 83.8 Å². The first-order valence-corrected chi connectivity index (χ1v) is 12.3. The first-order valence-electron chi connectivity index (χ1n) is 11.4. The molecule has 3 aromatic carbocycles. The van der Waals surface area contributed by atoms with Crippen LogP contribution in [-0.4, -0.2) is 32.8 Å². The van der Waals surface area contributed by atoms with E-state index in [0.717, 1.165) is 34.6 Å². The third-order valence-corrected chi connectivity index (χ3v) is 7.58. The Bertz CT molecular complexity index is 1050. The van der Waals surface area contributed by atoms with Gasteiger partial charge in [0.1, 0.15) is 11.0 Å². The molecule has 0 bridgehead atoms. The maximum Gasteiger partial charge on any atom is 0.238 e. The van der Waals surface area contributed by atoms with E-state index < -0.39 is 0 Å². The van der Waals surface area contributed by atoms with E-state index >= 15 is 0 Å². The Hall–Kier alpha value is -2.76. The van der Waals surface area contributed by atoms with Gasteiger partial charge in [-0.1, -0.05) is 66.2 Å². The van der Waals surface area contributed by atoms with E-state index in [-0.39, 0.29) is 16.6 Å². The van der Waals surface area contributed by atoms with Gasteiger partial charge in [0.25, 0.3) is 0 Å². The summed E-state index contributed by atoms with van der Waals surface area (Å²) in [4.78, 5) is 14.7. The second-order valence-corrected chi connectivity index (χ2v) is 9.71. The standard InChI is InChI=1S/C28H31NO3S/c1-21-13-14-25(31-2)24(19-21)28(15-17-32-18-16-28)20-29-27(30)26(22-9-5-3-6-10-22)33-23-11-7-4-8-12-23/h3-14,19,26H,15-18,20H2,1-2H3,(H,29,30). The van der Waals surface area contributed by atoms with Crippen LogP contribution in [0.5, 0.6) is 5.75 Å². The fourth-order valence-corrected chi connectivity index (χ4v) is 5.49. The highest BCUT2D eigenvalue weighted by molar-refractivity contribution is 8.00. The second-order valence-electron chi connectivity index (χ2n) is 8.54. The number of carbonyl (C=O) groups excluding carboxylic acids is 1. The van der Waals surface area contributed by atoms with Gasteiger partial charge in [-0.2, -0.15) is 0 Å². The molecule has 4 rings (SSSR count). The van der Waals surface area contributed by atoms with Gasteiger partial charge in [0.05, 0.1) is 7.11 Å². The number of aryl methyl sites for hydroxylation is 1. The first-order chi connectivity index (χ1) is 16.1. The zero-order valence-corrected chi connectivity index (χ0v) is 20.1. The van der Waals surface area contributed by atoms with Crippen LogP contribution < -0.4 is 10.1 Å². The predicted octanol–water partition coefficient (Wildman–Crippen LogP) is 5.70. The fourth-order valence-electron chi connectivity index (χ4n) is 4.42. The molecule has 1 N–H and O–H groups in total. The first kappa shape index (κ1) is 23.4. The van der Waals surface area contributed by atoms with Crippen LogP contribution in [0, 0.1) is 6.92 Å². The normalized spacial score (nSPS) is 16.1. The molecule has 0 spiro atoms. The maximum absolute atomic E-state index is 13.6. The number of thioether (sulfide) groups is 1. The summed E-state index contributed by atoms with van der Waals surface area (Å²) in [5.74, 6) is 0.891. The Balaban J connectivity index is 1.60. The van der Waals surface area contributed by atoms with Gasteiger partial charge in [-0.3, -0.25) is 4.79 Å². The van der Waals surface area contributed by atoms with Crippen molar-refractivity contribution in [2.45, 2.75) is 35.3 Å². The van der Waals surface area contributed by atoms with Crippen molar-refractivity contribution in [1.82, 2.24) is 5.32 Å². The molecular weight excluding hydrogens is 430 g/mol. The summed E-state index contributed by atoms with van der Waals surface area (Å²) in [7, 11) is 1.71. The number of methoxy groups -OCH3 is 1. The van der Waals surface area contributed by atoms with Crippen LogP contribution in [0.2, 0.25) is 0 Å². The summed E-state index contributed by atoms with van der Waals surface area (Å²) < 4.78 is 11.4. The molecule has 3 aromatic rings. The van der Waals surface area contributed by atoms with E-state index in [4.69, 9.17) is 9.47 Å². The number of hydrogen-bond donors (Lipinski definition) is 1. The molecule has 33 heavy (non-hydrogen) atoms. The van der Waals surface area contributed by atoms with Crippen molar-refractivity contribution in [2.75, 3.05) is 26.9 Å². The van der Waals surface area contributed by atoms with Gasteiger partial charge in [0, 0.05) is 35.6 Å². The van der Waals surface area contributed by atoms with E-state index in [0.29, 0.717) is 19.8 Å². The van der Waals surface area contributed by atoms with Crippen molar-refractivity contribution in [3.05, 3.63) is 95.6 Å². The number of ether oxygens (including phenoxy) is 2. The smallest absolute Gasteiger partial charge is 0.238 e. The molecule has 0 saturated carbocycles. The third-order valence-electron chi connectivity index (χ3n) is 6.31. The third kappa shape index (κ3) is 5.60. The average molecular weight is 462 g/mol. The molecule has 1 amide bonds. The fraction of sp³-hybridized carbons (Fsp3) is 0.321. The van der Waals surface area contributed by atoms with Gasteiger partial charge in [-0.15, -0.1) is 11.8 Å². The largest absolute Gasteiger partial charge is 0.496 e. The Kier molecular flexibility index (Phi) is 7.73. The van der Waals surface area contributed by atoms with Gasteiger partial charge in [0.2, 0.25) is 5.91 Å². The molecule has 0 aliphatic carbocycles. The molecule has 172 valence electrons. The summed E-state index contributed by atoms with van der Waals surface area (Å²) >= 11 is 1.58. The van der Waals surface area contributed by atoms with Crippen LogP contribution in [0.25, 0.3) is 0 Å². The predicted molar refractivity (Wildman–Crippen MR) is 134 cm³/mol. The van der Waals surface area contributed by atoms with Crippen LogP contribution in [0.1, 0.15) is 34.8 Å². The van der Waals surface area contributed by atoms with Crippen molar-refractivity contribution in [2.24, 2.45) is 0 Å². The molecule has 1 fully saturated rings. The van der Waals surface area contributed by atoms with Crippen LogP contribution in [-0.2, 0) is 14.9 Å². The lowest BCUT2D eigenvalue weighted by Gasteiger charge is -2.39. The molecule has 4 nitrogen and oxygen atoms in total. The molecule has 0 radical (unpaired) electrons. The van der Waals surface area contributed by atoms with Crippen molar-refractivity contribution < 1.29 is 14.3 Å². The van der Waals surface area contributed by atoms with Crippen molar-refractivity contribution >= 4 is 17.7 Å². The average Bonchev–Trinajstić information content (AvgIpc) is 2.87. The SMILES string of the molecule is COc1ccc(C)cc1C1(CNC(=O)C(Sc2ccccc2)c2ccccc2)CCOCC1. The van der Waals surface area contributed by atoms with E-state index in [1.54, 1.807) is 18.9 Å². The monoisotopic (exact) mass is 461 g/mol. The zero-order valence-electron chi connectivity index (χ0n) is 19.3. The Morgan fingerprint density at radius 1 is 1.03 bits per heavy atom. The lowest BCUT2D eigenvalue weighted by atomic mass is 9.73. The minimum Gasteiger partial charge on any atom is -0.496 e. The van der Waals surface area contributed by atoms with Gasteiger partial charge in [-0.05, 0) is 43.5 Å². The number of hydrogen-bond acceptors (Lipinski definition) is 4. The van der Waals surface area contributed by atoms with Crippen molar-refractivity contribution in [3.8, 4) is 5.75 Å². The number of amides is 1. The molecule has 1 atom stereocenters. The topological polar surface area (TPSA) is 47.6 Å². The van der Waals surface area contributed by atoms with Gasteiger partial charge in [-0.25, -0.2) is 0 Å². The highest BCUT2D eigenvalue weighted by Gasteiger charge is 2.38. The highest BCUT2D eigenvalue weighted by atomic mass is 32.2. The van der Waals surface area contributed by atoms with E-state index in [1.165, 1.54) is 5.56 Å². The minimum absolute atomic E-state index is 0.0209. The zero-order chi connectivity index (χ0) is 23.1. The maximum atomic E-state index is 13.6. The molecular formula is C28H31NO3S. The number of nitrogens with one attached hydrogen (secondary N) is 1. The molecule has 1 aliphatic rings. The molecule has 1 saturated heterocycles. The van der Waals surface area contributed by atoms with Crippen molar-refractivity contribution in [3.63, 3.8) is 0 Å². The highest BCUT2D eigenvalue weighted by Crippen LogP contribution is 2.41. The Morgan fingerprint density at radius 3 is 2.36 bits per heavy atom. The van der Waals surface area contributed by atoms with Gasteiger partial charge >= 0.3 is 0 Å². The van der Waals surface area contributed by atoms with E-state index in [1.807, 2.05) is 66.7 Å². The summed E-state index contributed by atoms with van der Waals surface area (Å²) in [5.41, 5.74) is 3.12. The summed E-state index contributed by atoms with van der Waals surface area (Å²) in [6, 6.07) is 26.4. The summed E-state index contributed by atoms with van der Waals surface area (Å²) in [6.07, 6.45) is 1.68. The minimum atomic E-state index is -0.329. The van der Waals surface area contributed by atoms with Gasteiger partial charge in [0.15, 0.2) is 0 Å². The van der Waals surface area contributed by atoms with Crippen LogP contribution in [0.4, 0.5) is 0 Å². The van der Waals surface area contributed by atoms with Crippen LogP contribution >= 0.6 is 11.8 Å². The molecule has 1 aliphatic heterocycles.